The van der Waals surface area contributed by atoms with E-state index in [1.54, 1.807) is 16.8 Å². The van der Waals surface area contributed by atoms with Gasteiger partial charge in [-0.05, 0) is 24.3 Å². The van der Waals surface area contributed by atoms with E-state index in [-0.39, 0.29) is 5.69 Å². The lowest BCUT2D eigenvalue weighted by atomic mass is 10.1. The number of hydrogen-bond donors (Lipinski definition) is 2. The summed E-state index contributed by atoms with van der Waals surface area (Å²) in [7, 11) is 0. The van der Waals surface area contributed by atoms with Crippen LogP contribution in [0.4, 0.5) is 22.9 Å². The molecule has 4 rings (SSSR count). The molecule has 0 atom stereocenters. The molecule has 1 aromatic heterocycles. The topological polar surface area (TPSA) is 126 Å². The van der Waals surface area contributed by atoms with Crippen LogP contribution >= 0.6 is 0 Å². The summed E-state index contributed by atoms with van der Waals surface area (Å²) >= 11 is 0. The van der Waals surface area contributed by atoms with E-state index in [9.17, 15) is 14.9 Å². The van der Waals surface area contributed by atoms with Crippen molar-refractivity contribution in [1.82, 2.24) is 9.78 Å². The van der Waals surface area contributed by atoms with Gasteiger partial charge in [-0.15, -0.1) is 0 Å². The van der Waals surface area contributed by atoms with Gasteiger partial charge in [0, 0.05) is 29.3 Å². The summed E-state index contributed by atoms with van der Waals surface area (Å²) in [5.74, 6) is 0.276. The highest BCUT2D eigenvalue weighted by molar-refractivity contribution is 6.06. The fourth-order valence-corrected chi connectivity index (χ4v) is 3.36. The maximum absolute atomic E-state index is 12.7. The lowest BCUT2D eigenvalue weighted by molar-refractivity contribution is -0.384. The average molecular weight is 452 g/mol. The third-order valence-electron chi connectivity index (χ3n) is 5.06. The van der Waals surface area contributed by atoms with E-state index >= 15 is 0 Å². The normalized spacial score (nSPS) is 10.3. The molecule has 168 valence electrons. The molecule has 0 saturated carbocycles. The molecule has 0 bridgehead atoms. The number of aryl methyl sites for hydroxylation is 1. The molecule has 0 aliphatic rings. The number of nitro benzene ring substituents is 1. The zero-order chi connectivity index (χ0) is 23.9. The largest absolute Gasteiger partial charge is 0.339 e. The lowest BCUT2D eigenvalue weighted by Gasteiger charge is -2.14. The van der Waals surface area contributed by atoms with Crippen LogP contribution in [0, 0.1) is 21.4 Å². The van der Waals surface area contributed by atoms with Crippen molar-refractivity contribution in [1.29, 1.82) is 5.26 Å². The fraction of sp³-hybridized carbons (Fsp3) is 0.0800. The Morgan fingerprint density at radius 2 is 1.68 bits per heavy atom. The maximum Gasteiger partial charge on any atom is 0.269 e. The minimum Gasteiger partial charge on any atom is -0.339 e. The Morgan fingerprint density at radius 3 is 2.35 bits per heavy atom. The molecule has 9 heteroatoms. The van der Waals surface area contributed by atoms with Crippen LogP contribution in [0.3, 0.4) is 0 Å². The Morgan fingerprint density at radius 1 is 1.00 bits per heavy atom. The van der Waals surface area contributed by atoms with Gasteiger partial charge in [0.25, 0.3) is 11.6 Å². The minimum atomic E-state index is -0.514. The summed E-state index contributed by atoms with van der Waals surface area (Å²) in [6, 6.07) is 26.3. The number of benzene rings is 3. The van der Waals surface area contributed by atoms with Gasteiger partial charge in [0.05, 0.1) is 41.0 Å². The molecule has 0 aliphatic carbocycles. The highest BCUT2D eigenvalue weighted by atomic mass is 16.6. The standard InChI is InChI=1S/C25H20N6O3/c26-15-6-16-30-24(17-23(29-30)18-7-2-1-3-8-18)27-21-9-4-5-10-22(21)28-25(32)19-11-13-20(14-12-19)31(33)34/h1-5,7-14,17,27H,6,16H2,(H,28,32). The summed E-state index contributed by atoms with van der Waals surface area (Å²) in [5.41, 5.74) is 3.08. The van der Waals surface area contributed by atoms with Crippen molar-refractivity contribution in [2.75, 3.05) is 10.6 Å². The molecule has 0 unspecified atom stereocenters. The second kappa shape index (κ2) is 10.1. The number of carbonyl (C=O) groups excluding carboxylic acids is 1. The van der Waals surface area contributed by atoms with Gasteiger partial charge in [0.2, 0.25) is 0 Å². The molecule has 34 heavy (non-hydrogen) atoms. The van der Waals surface area contributed by atoms with Crippen molar-refractivity contribution < 1.29 is 9.72 Å². The summed E-state index contributed by atoms with van der Waals surface area (Å²) in [4.78, 5) is 23.1. The number of nitrogens with one attached hydrogen (secondary N) is 2. The van der Waals surface area contributed by atoms with Crippen molar-refractivity contribution in [3.63, 3.8) is 0 Å². The highest BCUT2D eigenvalue weighted by Crippen LogP contribution is 2.29. The van der Waals surface area contributed by atoms with Gasteiger partial charge in [-0.25, -0.2) is 4.68 Å². The number of nitro groups is 1. The van der Waals surface area contributed by atoms with E-state index in [0.29, 0.717) is 35.7 Å². The number of para-hydroxylation sites is 2. The summed E-state index contributed by atoms with van der Waals surface area (Å²) in [6.45, 7) is 0.406. The Bertz CT molecular complexity index is 1360. The molecule has 2 N–H and O–H groups in total. The van der Waals surface area contributed by atoms with Gasteiger partial charge < -0.3 is 10.6 Å². The zero-order valence-corrected chi connectivity index (χ0v) is 18.0. The van der Waals surface area contributed by atoms with Crippen LogP contribution in [0.5, 0.6) is 0 Å². The number of non-ortho nitro benzene ring substituents is 1. The van der Waals surface area contributed by atoms with Gasteiger partial charge in [-0.1, -0.05) is 42.5 Å². The number of hydrogen-bond acceptors (Lipinski definition) is 6. The number of nitriles is 1. The first kappa shape index (κ1) is 22.2. The first-order chi connectivity index (χ1) is 16.5. The second-order valence-corrected chi connectivity index (χ2v) is 7.34. The number of aromatic nitrogens is 2. The van der Waals surface area contributed by atoms with Crippen LogP contribution in [0.2, 0.25) is 0 Å². The number of carbonyl (C=O) groups is 1. The van der Waals surface area contributed by atoms with E-state index in [1.165, 1.54) is 24.3 Å². The third-order valence-corrected chi connectivity index (χ3v) is 5.06. The Labute approximate surface area is 195 Å². The smallest absolute Gasteiger partial charge is 0.269 e. The molecule has 0 radical (unpaired) electrons. The Balaban J connectivity index is 1.59. The van der Waals surface area contributed by atoms with E-state index < -0.39 is 10.8 Å². The van der Waals surface area contributed by atoms with Crippen molar-refractivity contribution in [3.8, 4) is 17.3 Å². The van der Waals surface area contributed by atoms with Crippen molar-refractivity contribution >= 4 is 28.8 Å². The molecule has 0 spiro atoms. The van der Waals surface area contributed by atoms with Crippen LogP contribution in [-0.2, 0) is 6.54 Å². The summed E-state index contributed by atoms with van der Waals surface area (Å²) < 4.78 is 1.72. The predicted molar refractivity (Wildman–Crippen MR) is 129 cm³/mol. The van der Waals surface area contributed by atoms with Crippen LogP contribution < -0.4 is 10.6 Å². The minimum absolute atomic E-state index is 0.0848. The first-order valence-electron chi connectivity index (χ1n) is 10.5. The van der Waals surface area contributed by atoms with E-state index in [4.69, 9.17) is 5.26 Å². The lowest BCUT2D eigenvalue weighted by Crippen LogP contribution is -2.13. The molecule has 1 heterocycles. The Kier molecular flexibility index (Phi) is 6.60. The average Bonchev–Trinajstić information content (AvgIpc) is 3.27. The SMILES string of the molecule is N#CCCn1nc(-c2ccccc2)cc1Nc1ccccc1NC(=O)c1ccc([N+](=O)[O-])cc1. The molecular weight excluding hydrogens is 432 g/mol. The zero-order valence-electron chi connectivity index (χ0n) is 18.0. The van der Waals surface area contributed by atoms with E-state index in [1.807, 2.05) is 48.5 Å². The molecule has 3 aromatic carbocycles. The van der Waals surface area contributed by atoms with E-state index in [0.717, 1.165) is 11.3 Å². The van der Waals surface area contributed by atoms with Crippen molar-refractivity contribution in [2.45, 2.75) is 13.0 Å². The van der Waals surface area contributed by atoms with E-state index in [2.05, 4.69) is 21.8 Å². The Hall–Kier alpha value is -4.97. The number of amides is 1. The summed E-state index contributed by atoms with van der Waals surface area (Å²) in [6.07, 6.45) is 0.295. The van der Waals surface area contributed by atoms with Crippen molar-refractivity contribution in [2.24, 2.45) is 0 Å². The van der Waals surface area contributed by atoms with Gasteiger partial charge in [0.1, 0.15) is 5.82 Å². The summed E-state index contributed by atoms with van der Waals surface area (Å²) in [5, 5.41) is 30.7. The highest BCUT2D eigenvalue weighted by Gasteiger charge is 2.14. The monoisotopic (exact) mass is 452 g/mol. The molecule has 0 fully saturated rings. The predicted octanol–water partition coefficient (Wildman–Crippen LogP) is 5.37. The van der Waals surface area contributed by atoms with Gasteiger partial charge in [-0.3, -0.25) is 14.9 Å². The van der Waals surface area contributed by atoms with Gasteiger partial charge in [-0.2, -0.15) is 10.4 Å². The second-order valence-electron chi connectivity index (χ2n) is 7.34. The number of anilines is 3. The molecular formula is C25H20N6O3. The number of nitrogens with zero attached hydrogens (tertiary/aromatic N) is 4. The molecule has 9 nitrogen and oxygen atoms in total. The number of rotatable bonds is 8. The first-order valence-corrected chi connectivity index (χ1v) is 10.5. The van der Waals surface area contributed by atoms with Gasteiger partial charge >= 0.3 is 0 Å². The van der Waals surface area contributed by atoms with Crippen LogP contribution in [-0.4, -0.2) is 20.6 Å². The maximum atomic E-state index is 12.7. The quantitative estimate of drug-likeness (QED) is 0.273. The molecule has 4 aromatic rings. The molecule has 0 saturated heterocycles. The van der Waals surface area contributed by atoms with Crippen LogP contribution in [0.1, 0.15) is 16.8 Å². The third kappa shape index (κ3) is 5.08. The molecule has 1 amide bonds. The fourth-order valence-electron chi connectivity index (χ4n) is 3.36. The van der Waals surface area contributed by atoms with Crippen LogP contribution in [0.25, 0.3) is 11.3 Å². The van der Waals surface area contributed by atoms with Gasteiger partial charge in [0.15, 0.2) is 0 Å². The molecule has 0 aliphatic heterocycles. The van der Waals surface area contributed by atoms with Crippen LogP contribution in [0.15, 0.2) is 84.9 Å². The van der Waals surface area contributed by atoms with Crippen molar-refractivity contribution in [3.05, 3.63) is 101 Å².